The van der Waals surface area contributed by atoms with Gasteiger partial charge in [0.1, 0.15) is 0 Å². The molecule has 2 aromatic rings. The molecule has 4 rings (SSSR count). The first kappa shape index (κ1) is 23.9. The van der Waals surface area contributed by atoms with E-state index in [-0.39, 0.29) is 24.4 Å². The summed E-state index contributed by atoms with van der Waals surface area (Å²) in [7, 11) is -1.93. The number of amides is 2. The lowest BCUT2D eigenvalue weighted by molar-refractivity contribution is 0.121. The van der Waals surface area contributed by atoms with Crippen LogP contribution in [-0.2, 0) is 19.5 Å². The summed E-state index contributed by atoms with van der Waals surface area (Å²) >= 11 is 0. The molecule has 2 amide bonds. The summed E-state index contributed by atoms with van der Waals surface area (Å²) < 4.78 is 36.3. The van der Waals surface area contributed by atoms with Crippen LogP contribution in [0.5, 0.6) is 0 Å². The maximum atomic E-state index is 12.9. The Kier molecular flexibility index (Phi) is 6.44. The van der Waals surface area contributed by atoms with E-state index in [9.17, 15) is 18.0 Å². The largest absolute Gasteiger partial charge is 0.452 e. The minimum Gasteiger partial charge on any atom is -0.452 e. The van der Waals surface area contributed by atoms with Crippen LogP contribution < -0.4 is 14.1 Å². The van der Waals surface area contributed by atoms with Gasteiger partial charge in [-0.25, -0.2) is 18.0 Å². The molecule has 1 saturated heterocycles. The maximum absolute atomic E-state index is 12.9. The molecule has 34 heavy (non-hydrogen) atoms. The van der Waals surface area contributed by atoms with E-state index in [4.69, 9.17) is 9.47 Å². The third kappa shape index (κ3) is 4.42. The third-order valence-electron chi connectivity index (χ3n) is 5.93. The standard InChI is InChI=1S/C24H29N3O6S/c1-16(2)33-23(28)25-15-17(3)27(24(29)32-4)21-11-8-19(14-22(21)25)18-6-9-20(10-7-18)26-12-5-13-34(26,30)31/h6-11,14,16-17H,5,12-13,15H2,1-4H3/t17-/m0/s1. The van der Waals surface area contributed by atoms with Crippen molar-refractivity contribution in [3.8, 4) is 11.1 Å². The molecule has 2 heterocycles. The van der Waals surface area contributed by atoms with Crippen molar-refractivity contribution in [2.75, 3.05) is 40.1 Å². The molecular formula is C24H29N3O6S. The van der Waals surface area contributed by atoms with Gasteiger partial charge in [-0.1, -0.05) is 18.2 Å². The zero-order chi connectivity index (χ0) is 24.6. The Morgan fingerprint density at radius 1 is 1.00 bits per heavy atom. The Bertz CT molecular complexity index is 1200. The summed E-state index contributed by atoms with van der Waals surface area (Å²) in [6, 6.07) is 12.4. The molecule has 1 fully saturated rings. The van der Waals surface area contributed by atoms with E-state index >= 15 is 0 Å². The first-order chi connectivity index (χ1) is 16.1. The minimum atomic E-state index is -3.25. The van der Waals surface area contributed by atoms with Crippen LogP contribution in [0.2, 0.25) is 0 Å². The lowest BCUT2D eigenvalue weighted by Gasteiger charge is -2.40. The van der Waals surface area contributed by atoms with Crippen LogP contribution in [-0.4, -0.2) is 58.7 Å². The average Bonchev–Trinajstić information content (AvgIpc) is 3.16. The minimum absolute atomic E-state index is 0.164. The van der Waals surface area contributed by atoms with Crippen LogP contribution in [0.1, 0.15) is 27.2 Å². The van der Waals surface area contributed by atoms with Crippen molar-refractivity contribution in [2.45, 2.75) is 39.3 Å². The summed E-state index contributed by atoms with van der Waals surface area (Å²) in [6.45, 7) is 6.14. The fourth-order valence-corrected chi connectivity index (χ4v) is 5.93. The smallest absolute Gasteiger partial charge is 0.414 e. The van der Waals surface area contributed by atoms with E-state index in [2.05, 4.69) is 0 Å². The van der Waals surface area contributed by atoms with Crippen molar-refractivity contribution in [3.05, 3.63) is 42.5 Å². The number of fused-ring (bicyclic) bond motifs is 1. The van der Waals surface area contributed by atoms with Crippen molar-refractivity contribution < 1.29 is 27.5 Å². The molecule has 0 radical (unpaired) electrons. The molecule has 182 valence electrons. The van der Waals surface area contributed by atoms with Crippen LogP contribution in [0.25, 0.3) is 11.1 Å². The van der Waals surface area contributed by atoms with Gasteiger partial charge in [0.15, 0.2) is 0 Å². The van der Waals surface area contributed by atoms with Crippen molar-refractivity contribution >= 4 is 39.3 Å². The molecule has 0 aromatic heterocycles. The fraction of sp³-hybridized carbons (Fsp3) is 0.417. The van der Waals surface area contributed by atoms with Crippen molar-refractivity contribution in [1.29, 1.82) is 0 Å². The van der Waals surface area contributed by atoms with Gasteiger partial charge in [0, 0.05) is 6.54 Å². The number of hydrogen-bond acceptors (Lipinski definition) is 6. The van der Waals surface area contributed by atoms with E-state index in [1.54, 1.807) is 32.0 Å². The highest BCUT2D eigenvalue weighted by atomic mass is 32.2. The molecule has 9 nitrogen and oxygen atoms in total. The Morgan fingerprint density at radius 2 is 1.68 bits per heavy atom. The quantitative estimate of drug-likeness (QED) is 0.643. The number of hydrogen-bond donors (Lipinski definition) is 0. The van der Waals surface area contributed by atoms with Crippen molar-refractivity contribution in [1.82, 2.24) is 0 Å². The number of methoxy groups -OCH3 is 1. The topological polar surface area (TPSA) is 96.5 Å². The van der Waals surface area contributed by atoms with E-state index in [1.807, 2.05) is 31.2 Å². The lowest BCUT2D eigenvalue weighted by atomic mass is 10.0. The van der Waals surface area contributed by atoms with Gasteiger partial charge in [-0.2, -0.15) is 0 Å². The lowest BCUT2D eigenvalue weighted by Crippen LogP contribution is -2.52. The van der Waals surface area contributed by atoms with Gasteiger partial charge in [0.25, 0.3) is 0 Å². The third-order valence-corrected chi connectivity index (χ3v) is 7.80. The maximum Gasteiger partial charge on any atom is 0.414 e. The van der Waals surface area contributed by atoms with Crippen LogP contribution >= 0.6 is 0 Å². The molecule has 2 aliphatic rings. The zero-order valence-electron chi connectivity index (χ0n) is 19.7. The van der Waals surface area contributed by atoms with Crippen LogP contribution in [0.15, 0.2) is 42.5 Å². The SMILES string of the molecule is COC(=O)N1c2ccc(-c3ccc(N4CCCS4(=O)=O)cc3)cc2N(C(=O)OC(C)C)C[C@@H]1C. The number of anilines is 3. The molecule has 0 saturated carbocycles. The first-order valence-corrected chi connectivity index (χ1v) is 12.8. The summed E-state index contributed by atoms with van der Waals surface area (Å²) in [5.41, 5.74) is 3.39. The number of sulfonamides is 1. The Morgan fingerprint density at radius 3 is 2.26 bits per heavy atom. The molecule has 0 bridgehead atoms. The van der Waals surface area contributed by atoms with Crippen molar-refractivity contribution in [3.63, 3.8) is 0 Å². The molecule has 0 spiro atoms. The van der Waals surface area contributed by atoms with Gasteiger partial charge >= 0.3 is 12.2 Å². The van der Waals surface area contributed by atoms with Gasteiger partial charge < -0.3 is 9.47 Å². The second kappa shape index (κ2) is 9.17. The second-order valence-electron chi connectivity index (χ2n) is 8.72. The predicted molar refractivity (Wildman–Crippen MR) is 131 cm³/mol. The number of carbonyl (C=O) groups is 2. The number of ether oxygens (including phenoxy) is 2. The highest BCUT2D eigenvalue weighted by Gasteiger charge is 2.36. The zero-order valence-corrected chi connectivity index (χ0v) is 20.5. The van der Waals surface area contributed by atoms with Gasteiger partial charge in [-0.3, -0.25) is 14.1 Å². The molecule has 0 unspecified atom stereocenters. The van der Waals surface area contributed by atoms with Crippen LogP contribution in [0.3, 0.4) is 0 Å². The summed E-state index contributed by atoms with van der Waals surface area (Å²) in [4.78, 5) is 28.4. The highest BCUT2D eigenvalue weighted by Crippen LogP contribution is 2.40. The monoisotopic (exact) mass is 487 g/mol. The van der Waals surface area contributed by atoms with E-state index in [1.165, 1.54) is 21.2 Å². The van der Waals surface area contributed by atoms with Crippen LogP contribution in [0.4, 0.5) is 26.7 Å². The highest BCUT2D eigenvalue weighted by molar-refractivity contribution is 7.93. The molecule has 1 atom stereocenters. The molecule has 0 aliphatic carbocycles. The van der Waals surface area contributed by atoms with E-state index < -0.39 is 22.2 Å². The molecule has 0 N–H and O–H groups in total. The molecule has 2 aromatic carbocycles. The van der Waals surface area contributed by atoms with Crippen molar-refractivity contribution in [2.24, 2.45) is 0 Å². The normalized spacial score (nSPS) is 19.2. The average molecular weight is 488 g/mol. The fourth-order valence-electron chi connectivity index (χ4n) is 4.37. The molecular weight excluding hydrogens is 458 g/mol. The Balaban J connectivity index is 1.72. The van der Waals surface area contributed by atoms with E-state index in [0.717, 1.165) is 11.1 Å². The van der Waals surface area contributed by atoms with Gasteiger partial charge in [-0.05, 0) is 62.6 Å². The summed E-state index contributed by atoms with van der Waals surface area (Å²) in [5.74, 6) is 0.164. The summed E-state index contributed by atoms with van der Waals surface area (Å²) in [6.07, 6.45) is -0.664. The molecule has 2 aliphatic heterocycles. The molecule has 10 heteroatoms. The second-order valence-corrected chi connectivity index (χ2v) is 10.7. The van der Waals surface area contributed by atoms with Gasteiger partial charge in [0.2, 0.25) is 10.0 Å². The van der Waals surface area contributed by atoms with Crippen LogP contribution in [0, 0.1) is 0 Å². The number of benzene rings is 2. The van der Waals surface area contributed by atoms with Gasteiger partial charge in [0.05, 0.1) is 48.6 Å². The summed E-state index contributed by atoms with van der Waals surface area (Å²) in [5, 5.41) is 0. The Hall–Kier alpha value is -3.27. The predicted octanol–water partition coefficient (Wildman–Crippen LogP) is 4.22. The van der Waals surface area contributed by atoms with Gasteiger partial charge in [-0.15, -0.1) is 0 Å². The Labute approximate surface area is 199 Å². The number of rotatable bonds is 3. The number of carbonyl (C=O) groups excluding carboxylic acids is 2. The van der Waals surface area contributed by atoms with E-state index in [0.29, 0.717) is 30.0 Å². The first-order valence-electron chi connectivity index (χ1n) is 11.2. The number of nitrogens with zero attached hydrogens (tertiary/aromatic N) is 3.